The van der Waals surface area contributed by atoms with Crippen LogP contribution < -0.4 is 10.2 Å². The molecule has 1 aromatic rings. The molecule has 1 saturated carbocycles. The molecule has 1 aliphatic carbocycles. The van der Waals surface area contributed by atoms with Crippen LogP contribution in [0.15, 0.2) is 0 Å². The lowest BCUT2D eigenvalue weighted by molar-refractivity contribution is 0.152. The lowest BCUT2D eigenvalue weighted by Crippen LogP contribution is -2.33. The maximum atomic E-state index is 12.8. The number of halogens is 2. The van der Waals surface area contributed by atoms with E-state index in [1.807, 2.05) is 13.8 Å². The van der Waals surface area contributed by atoms with E-state index in [0.717, 1.165) is 18.4 Å². The third-order valence-electron chi connectivity index (χ3n) is 3.45. The van der Waals surface area contributed by atoms with Crippen molar-refractivity contribution < 1.29 is 13.9 Å². The molecule has 0 bridgehead atoms. The Morgan fingerprint density at radius 3 is 2.62 bits per heavy atom. The highest BCUT2D eigenvalue weighted by Gasteiger charge is 2.29. The van der Waals surface area contributed by atoms with Crippen LogP contribution in [0.1, 0.15) is 37.1 Å². The Hall–Kier alpha value is -1.50. The van der Waals surface area contributed by atoms with Gasteiger partial charge in [-0.15, -0.1) is 0 Å². The van der Waals surface area contributed by atoms with Crippen molar-refractivity contribution in [2.45, 2.75) is 39.0 Å². The quantitative estimate of drug-likeness (QED) is 0.770. The molecule has 1 heterocycles. The highest BCUT2D eigenvalue weighted by molar-refractivity contribution is 5.59. The molecule has 0 radical (unpaired) electrons. The van der Waals surface area contributed by atoms with E-state index >= 15 is 0 Å². The van der Waals surface area contributed by atoms with Crippen LogP contribution in [0.2, 0.25) is 0 Å². The second kappa shape index (κ2) is 6.98. The summed E-state index contributed by atoms with van der Waals surface area (Å²) in [5, 5.41) is 12.3. The fourth-order valence-electron chi connectivity index (χ4n) is 2.26. The Morgan fingerprint density at radius 1 is 1.38 bits per heavy atom. The van der Waals surface area contributed by atoms with Crippen molar-refractivity contribution in [3.63, 3.8) is 0 Å². The lowest BCUT2D eigenvalue weighted by Gasteiger charge is -2.25. The normalized spacial score (nSPS) is 14.6. The van der Waals surface area contributed by atoms with Crippen LogP contribution in [0.3, 0.4) is 0 Å². The number of rotatable bonds is 8. The molecule has 7 heteroatoms. The number of aromatic nitrogens is 2. The van der Waals surface area contributed by atoms with Gasteiger partial charge in [0.1, 0.15) is 17.5 Å². The molecule has 1 aliphatic rings. The molecular weight excluding hydrogens is 278 g/mol. The Kier molecular flexibility index (Phi) is 5.27. The lowest BCUT2D eigenvalue weighted by atomic mass is 10.2. The van der Waals surface area contributed by atoms with Crippen LogP contribution in [0.25, 0.3) is 0 Å². The summed E-state index contributed by atoms with van der Waals surface area (Å²) in [5.74, 6) is 2.24. The number of nitrogens with zero attached hydrogens (tertiary/aromatic N) is 3. The van der Waals surface area contributed by atoms with Crippen molar-refractivity contribution in [2.24, 2.45) is 0 Å². The van der Waals surface area contributed by atoms with Gasteiger partial charge in [-0.05, 0) is 26.7 Å². The van der Waals surface area contributed by atoms with Crippen molar-refractivity contribution in [3.05, 3.63) is 11.4 Å². The van der Waals surface area contributed by atoms with E-state index in [0.29, 0.717) is 29.9 Å². The number of nitrogens with one attached hydrogen (secondary N) is 1. The average molecular weight is 300 g/mol. The van der Waals surface area contributed by atoms with Gasteiger partial charge in [-0.1, -0.05) is 0 Å². The topological polar surface area (TPSA) is 61.3 Å². The summed E-state index contributed by atoms with van der Waals surface area (Å²) in [6.07, 6.45) is -0.385. The Bertz CT molecular complexity index is 480. The van der Waals surface area contributed by atoms with Gasteiger partial charge in [-0.25, -0.2) is 18.7 Å². The smallest absolute Gasteiger partial charge is 0.255 e. The van der Waals surface area contributed by atoms with E-state index in [-0.39, 0.29) is 13.2 Å². The molecule has 0 amide bonds. The average Bonchev–Trinajstić information content (AvgIpc) is 3.25. The Balaban J connectivity index is 2.37. The van der Waals surface area contributed by atoms with Crippen LogP contribution in [-0.2, 0) is 0 Å². The summed E-state index contributed by atoms with van der Waals surface area (Å²) in [4.78, 5) is 10.4. The van der Waals surface area contributed by atoms with E-state index in [1.54, 1.807) is 0 Å². The Morgan fingerprint density at radius 2 is 2.10 bits per heavy atom. The highest BCUT2D eigenvalue weighted by atomic mass is 19.3. The first-order chi connectivity index (χ1) is 10.1. The van der Waals surface area contributed by atoms with Gasteiger partial charge in [0.2, 0.25) is 0 Å². The molecule has 5 nitrogen and oxygen atoms in total. The zero-order valence-electron chi connectivity index (χ0n) is 12.4. The van der Waals surface area contributed by atoms with E-state index in [1.165, 1.54) is 4.90 Å². The zero-order chi connectivity index (χ0) is 15.4. The second-order valence-electron chi connectivity index (χ2n) is 5.24. The SMILES string of the molecule is CCNc1nc(C2CC2)nc(N(CCO)CC(F)F)c1C. The molecule has 0 saturated heterocycles. The van der Waals surface area contributed by atoms with E-state index < -0.39 is 13.0 Å². The van der Waals surface area contributed by atoms with E-state index in [9.17, 15) is 8.78 Å². The largest absolute Gasteiger partial charge is 0.395 e. The predicted molar refractivity (Wildman–Crippen MR) is 78.2 cm³/mol. The predicted octanol–water partition coefficient (Wildman–Crippen LogP) is 2.16. The number of anilines is 2. The highest BCUT2D eigenvalue weighted by Crippen LogP contribution is 2.40. The molecule has 0 spiro atoms. The maximum Gasteiger partial charge on any atom is 0.255 e. The number of alkyl halides is 2. The number of hydrogen-bond acceptors (Lipinski definition) is 5. The summed E-state index contributed by atoms with van der Waals surface area (Å²) >= 11 is 0. The van der Waals surface area contributed by atoms with Crippen LogP contribution in [0.4, 0.5) is 20.4 Å². The summed E-state index contributed by atoms with van der Waals surface area (Å²) < 4.78 is 25.5. The monoisotopic (exact) mass is 300 g/mol. The number of aliphatic hydroxyl groups is 1. The molecule has 2 rings (SSSR count). The molecule has 0 atom stereocenters. The molecule has 0 unspecified atom stereocenters. The minimum Gasteiger partial charge on any atom is -0.395 e. The van der Waals surface area contributed by atoms with Gasteiger partial charge in [0.05, 0.1) is 13.2 Å². The van der Waals surface area contributed by atoms with Gasteiger partial charge in [-0.3, -0.25) is 0 Å². The van der Waals surface area contributed by atoms with Gasteiger partial charge < -0.3 is 15.3 Å². The fourth-order valence-corrected chi connectivity index (χ4v) is 2.26. The van der Waals surface area contributed by atoms with Crippen molar-refractivity contribution in [3.8, 4) is 0 Å². The first-order valence-electron chi connectivity index (χ1n) is 7.33. The molecule has 1 fully saturated rings. The number of hydrogen-bond donors (Lipinski definition) is 2. The minimum absolute atomic E-state index is 0.137. The van der Waals surface area contributed by atoms with Crippen LogP contribution in [0, 0.1) is 6.92 Å². The summed E-state index contributed by atoms with van der Waals surface area (Å²) in [6, 6.07) is 0. The first-order valence-corrected chi connectivity index (χ1v) is 7.33. The maximum absolute atomic E-state index is 12.8. The van der Waals surface area contributed by atoms with Gasteiger partial charge in [0, 0.05) is 24.6 Å². The molecule has 1 aromatic heterocycles. The van der Waals surface area contributed by atoms with Gasteiger partial charge in [0.15, 0.2) is 0 Å². The minimum atomic E-state index is -2.47. The van der Waals surface area contributed by atoms with Crippen LogP contribution in [0.5, 0.6) is 0 Å². The second-order valence-corrected chi connectivity index (χ2v) is 5.24. The molecule has 0 aromatic carbocycles. The molecule has 0 aliphatic heterocycles. The third-order valence-corrected chi connectivity index (χ3v) is 3.45. The van der Waals surface area contributed by atoms with Crippen molar-refractivity contribution >= 4 is 11.6 Å². The van der Waals surface area contributed by atoms with Gasteiger partial charge >= 0.3 is 0 Å². The third kappa shape index (κ3) is 4.00. The summed E-state index contributed by atoms with van der Waals surface area (Å²) in [5.41, 5.74) is 0.746. The number of aliphatic hydroxyl groups excluding tert-OH is 1. The first kappa shape index (κ1) is 15.9. The Labute approximate surface area is 123 Å². The van der Waals surface area contributed by atoms with E-state index in [4.69, 9.17) is 5.11 Å². The fraction of sp³-hybridized carbons (Fsp3) is 0.714. The summed E-state index contributed by atoms with van der Waals surface area (Å²) in [6.45, 7) is 4.00. The van der Waals surface area contributed by atoms with Gasteiger partial charge in [0.25, 0.3) is 6.43 Å². The van der Waals surface area contributed by atoms with Gasteiger partial charge in [-0.2, -0.15) is 0 Å². The standard InChI is InChI=1S/C14H22F2N4O/c1-3-17-12-9(2)14(19-13(18-12)10-4-5-10)20(6-7-21)8-11(15)16/h10-11,21H,3-8H2,1-2H3,(H,17,18,19). The van der Waals surface area contributed by atoms with Crippen LogP contribution in [-0.4, -0.2) is 47.7 Å². The molecule has 2 N–H and O–H groups in total. The zero-order valence-corrected chi connectivity index (χ0v) is 12.4. The molecule has 118 valence electrons. The van der Waals surface area contributed by atoms with Crippen LogP contribution >= 0.6 is 0 Å². The van der Waals surface area contributed by atoms with Crippen molar-refractivity contribution in [2.75, 3.05) is 36.5 Å². The molecule has 21 heavy (non-hydrogen) atoms. The van der Waals surface area contributed by atoms with E-state index in [2.05, 4.69) is 15.3 Å². The van der Waals surface area contributed by atoms with Crippen molar-refractivity contribution in [1.82, 2.24) is 9.97 Å². The van der Waals surface area contributed by atoms with Crippen molar-refractivity contribution in [1.29, 1.82) is 0 Å². The molecular formula is C14H22F2N4O. The summed E-state index contributed by atoms with van der Waals surface area (Å²) in [7, 11) is 0.